The van der Waals surface area contributed by atoms with Crippen molar-refractivity contribution in [3.05, 3.63) is 83.9 Å². The first-order valence-electron chi connectivity index (χ1n) is 12.8. The van der Waals surface area contributed by atoms with Crippen molar-refractivity contribution in [2.75, 3.05) is 44.2 Å². The van der Waals surface area contributed by atoms with E-state index in [1.54, 1.807) is 42.5 Å². The summed E-state index contributed by atoms with van der Waals surface area (Å²) in [6.07, 6.45) is 0. The topological polar surface area (TPSA) is 97.4 Å². The number of nitrogens with one attached hydrogen (secondary N) is 1. The number of benzene rings is 3. The molecule has 3 aromatic carbocycles. The summed E-state index contributed by atoms with van der Waals surface area (Å²) in [4.78, 5) is 45.3. The molecule has 3 heterocycles. The Labute approximate surface area is 226 Å². The lowest BCUT2D eigenvalue weighted by Gasteiger charge is -2.33. The van der Waals surface area contributed by atoms with E-state index in [4.69, 9.17) is 14.2 Å². The highest BCUT2D eigenvalue weighted by molar-refractivity contribution is 6.24. The second-order valence-electron chi connectivity index (χ2n) is 10.1. The molecule has 1 N–H and O–H groups in total. The van der Waals surface area contributed by atoms with Crippen LogP contribution in [0.4, 0.5) is 11.4 Å². The van der Waals surface area contributed by atoms with Crippen LogP contribution in [0.15, 0.2) is 72.8 Å². The first kappa shape index (κ1) is 24.9. The van der Waals surface area contributed by atoms with Gasteiger partial charge in [-0.1, -0.05) is 42.5 Å². The largest absolute Gasteiger partial charge is 0.486 e. The third kappa shape index (κ3) is 3.76. The van der Waals surface area contributed by atoms with Crippen molar-refractivity contribution in [3.8, 4) is 11.5 Å². The number of carbonyl (C=O) groups excluding carboxylic acids is 3. The third-order valence-electron chi connectivity index (χ3n) is 7.85. The molecular weight excluding hydrogens is 498 g/mol. The van der Waals surface area contributed by atoms with E-state index in [0.29, 0.717) is 36.0 Å². The molecule has 9 heteroatoms. The number of hydrogen-bond donors (Lipinski definition) is 1. The van der Waals surface area contributed by atoms with Gasteiger partial charge in [0.1, 0.15) is 13.2 Å². The Morgan fingerprint density at radius 1 is 0.949 bits per heavy atom. The Morgan fingerprint density at radius 3 is 2.31 bits per heavy atom. The maximum absolute atomic E-state index is 14.3. The van der Waals surface area contributed by atoms with E-state index in [1.165, 1.54) is 12.0 Å². The Hall–Kier alpha value is -4.37. The number of imide groups is 1. The van der Waals surface area contributed by atoms with Gasteiger partial charge in [0.15, 0.2) is 17.0 Å². The van der Waals surface area contributed by atoms with Crippen molar-refractivity contribution in [2.24, 2.45) is 11.8 Å². The van der Waals surface area contributed by atoms with E-state index >= 15 is 0 Å². The van der Waals surface area contributed by atoms with Crippen molar-refractivity contribution in [2.45, 2.75) is 11.6 Å². The summed E-state index contributed by atoms with van der Waals surface area (Å²) in [5, 5.41) is 3.42. The van der Waals surface area contributed by atoms with Crippen molar-refractivity contribution >= 4 is 29.2 Å². The minimum Gasteiger partial charge on any atom is -0.486 e. The van der Waals surface area contributed by atoms with Gasteiger partial charge in [0.05, 0.1) is 24.6 Å². The van der Waals surface area contributed by atoms with E-state index in [0.717, 1.165) is 11.3 Å². The molecule has 3 aromatic rings. The minimum absolute atomic E-state index is 0.372. The molecule has 9 nitrogen and oxygen atoms in total. The van der Waals surface area contributed by atoms with Crippen LogP contribution >= 0.6 is 0 Å². The van der Waals surface area contributed by atoms with Gasteiger partial charge in [-0.25, -0.2) is 9.69 Å². The lowest BCUT2D eigenvalue weighted by molar-refractivity contribution is -0.152. The van der Waals surface area contributed by atoms with Crippen LogP contribution < -0.4 is 24.6 Å². The van der Waals surface area contributed by atoms with Crippen LogP contribution in [0.2, 0.25) is 0 Å². The van der Waals surface area contributed by atoms with Gasteiger partial charge in [-0.2, -0.15) is 0 Å². The van der Waals surface area contributed by atoms with Crippen LogP contribution in [0, 0.1) is 11.8 Å². The number of esters is 1. The zero-order valence-corrected chi connectivity index (χ0v) is 21.9. The maximum atomic E-state index is 14.3. The van der Waals surface area contributed by atoms with E-state index in [1.807, 2.05) is 49.3 Å². The lowest BCUT2D eigenvalue weighted by atomic mass is 9.75. The predicted molar refractivity (Wildman–Crippen MR) is 144 cm³/mol. The van der Waals surface area contributed by atoms with Crippen LogP contribution in [0.3, 0.4) is 0 Å². The molecule has 3 aliphatic heterocycles. The Bertz CT molecular complexity index is 1440. The van der Waals surface area contributed by atoms with Crippen molar-refractivity contribution in [1.29, 1.82) is 0 Å². The van der Waals surface area contributed by atoms with Gasteiger partial charge in [-0.3, -0.25) is 14.9 Å². The molecule has 0 bridgehead atoms. The second-order valence-corrected chi connectivity index (χ2v) is 10.1. The zero-order chi connectivity index (χ0) is 27.3. The molecule has 0 aliphatic carbocycles. The van der Waals surface area contributed by atoms with Crippen molar-refractivity contribution < 1.29 is 28.6 Å². The number of ether oxygens (including phenoxy) is 3. The standard InChI is InChI=1S/C30H29N3O6/c1-32(2)20-11-9-18(10-12-20)26-24-25(30(31-26,29(36)37-3)19-7-5-4-6-8-19)28(35)33(27(24)34)21-13-14-22-23(17-21)39-16-15-38-22/h4-14,17,24-26,31H,15-16H2,1-3H3/t24-,25+,26+,30+/m0/s1. The smallest absolute Gasteiger partial charge is 0.331 e. The molecule has 0 aromatic heterocycles. The van der Waals surface area contributed by atoms with E-state index < -0.39 is 41.2 Å². The Morgan fingerprint density at radius 2 is 1.64 bits per heavy atom. The summed E-state index contributed by atoms with van der Waals surface area (Å²) in [7, 11) is 5.19. The molecule has 4 atom stereocenters. The average Bonchev–Trinajstić information content (AvgIpc) is 3.46. The van der Waals surface area contributed by atoms with Crippen LogP contribution in [0.25, 0.3) is 0 Å². The van der Waals surface area contributed by atoms with Gasteiger partial charge < -0.3 is 19.1 Å². The normalized spacial score (nSPS) is 25.4. The Balaban J connectivity index is 1.51. The summed E-state index contributed by atoms with van der Waals surface area (Å²) in [5.41, 5.74) is 1.15. The van der Waals surface area contributed by atoms with Gasteiger partial charge in [0, 0.05) is 31.9 Å². The fourth-order valence-corrected chi connectivity index (χ4v) is 6.03. The molecule has 200 valence electrons. The van der Waals surface area contributed by atoms with Crippen molar-refractivity contribution in [1.82, 2.24) is 5.32 Å². The summed E-state index contributed by atoms with van der Waals surface area (Å²) in [6.45, 7) is 0.800. The van der Waals surface area contributed by atoms with E-state index in [9.17, 15) is 14.4 Å². The number of methoxy groups -OCH3 is 1. The van der Waals surface area contributed by atoms with Gasteiger partial charge >= 0.3 is 5.97 Å². The highest BCUT2D eigenvalue weighted by Gasteiger charge is 2.69. The predicted octanol–water partition coefficient (Wildman–Crippen LogP) is 3.04. The third-order valence-corrected chi connectivity index (χ3v) is 7.85. The van der Waals surface area contributed by atoms with Gasteiger partial charge in [0.2, 0.25) is 11.8 Å². The fourth-order valence-electron chi connectivity index (χ4n) is 6.03. The second kappa shape index (κ2) is 9.43. The summed E-state index contributed by atoms with van der Waals surface area (Å²) < 4.78 is 16.6. The molecular formula is C30H29N3O6. The fraction of sp³-hybridized carbons (Fsp3) is 0.300. The van der Waals surface area contributed by atoms with Gasteiger partial charge in [-0.05, 0) is 35.4 Å². The van der Waals surface area contributed by atoms with E-state index in [-0.39, 0.29) is 0 Å². The summed E-state index contributed by atoms with van der Waals surface area (Å²) in [6, 6.07) is 21.1. The number of nitrogens with zero attached hydrogens (tertiary/aromatic N) is 2. The van der Waals surface area contributed by atoms with Gasteiger partial charge in [-0.15, -0.1) is 0 Å². The molecule has 0 unspecified atom stereocenters. The number of anilines is 2. The minimum atomic E-state index is -1.57. The number of fused-ring (bicyclic) bond motifs is 2. The molecule has 0 radical (unpaired) electrons. The average molecular weight is 528 g/mol. The molecule has 0 spiro atoms. The number of amides is 2. The van der Waals surface area contributed by atoms with Crippen LogP contribution in [0.5, 0.6) is 11.5 Å². The monoisotopic (exact) mass is 527 g/mol. The van der Waals surface area contributed by atoms with Crippen LogP contribution in [-0.2, 0) is 24.7 Å². The first-order chi connectivity index (χ1) is 18.9. The number of hydrogen-bond acceptors (Lipinski definition) is 8. The SMILES string of the molecule is COC(=O)[C@]1(c2ccccc2)N[C@H](c2ccc(N(C)C)cc2)[C@H]2C(=O)N(c3ccc4c(c3)OCCO4)C(=O)[C@@H]21. The molecule has 39 heavy (non-hydrogen) atoms. The number of carbonyl (C=O) groups is 3. The molecule has 0 saturated carbocycles. The first-order valence-corrected chi connectivity index (χ1v) is 12.8. The quantitative estimate of drug-likeness (QED) is 0.400. The summed E-state index contributed by atoms with van der Waals surface area (Å²) in [5.74, 6) is -2.36. The number of rotatable bonds is 5. The molecule has 6 rings (SSSR count). The zero-order valence-electron chi connectivity index (χ0n) is 21.9. The summed E-state index contributed by atoms with van der Waals surface area (Å²) >= 11 is 0. The molecule has 2 amide bonds. The molecule has 2 fully saturated rings. The Kier molecular flexibility index (Phi) is 6.03. The van der Waals surface area contributed by atoms with Crippen LogP contribution in [0.1, 0.15) is 17.2 Å². The highest BCUT2D eigenvalue weighted by Crippen LogP contribution is 2.54. The highest BCUT2D eigenvalue weighted by atomic mass is 16.6. The van der Waals surface area contributed by atoms with Gasteiger partial charge in [0.25, 0.3) is 0 Å². The molecule has 2 saturated heterocycles. The van der Waals surface area contributed by atoms with Crippen LogP contribution in [-0.4, -0.2) is 52.2 Å². The molecule has 3 aliphatic rings. The van der Waals surface area contributed by atoms with Crippen molar-refractivity contribution in [3.63, 3.8) is 0 Å². The van der Waals surface area contributed by atoms with E-state index in [2.05, 4.69) is 5.32 Å². The lowest BCUT2D eigenvalue weighted by Crippen LogP contribution is -2.53. The maximum Gasteiger partial charge on any atom is 0.331 e.